The highest BCUT2D eigenvalue weighted by molar-refractivity contribution is 6.40. The number of nitrogens with one attached hydrogen (secondary N) is 1. The van der Waals surface area contributed by atoms with E-state index in [0.717, 1.165) is 88.5 Å². The summed E-state index contributed by atoms with van der Waals surface area (Å²) < 4.78 is 13.9. The molecule has 0 spiro atoms. The van der Waals surface area contributed by atoms with Crippen molar-refractivity contribution in [3.63, 3.8) is 0 Å². The molecule has 1 N–H and O–H groups in total. The number of rotatable bonds is 8. The highest BCUT2D eigenvalue weighted by Crippen LogP contribution is 2.25. The Morgan fingerprint density at radius 3 is 2.59 bits per heavy atom. The molecular weight excluding hydrogens is 491 g/mol. The zero-order valence-electron chi connectivity index (χ0n) is 24.3. The number of allylic oxidation sites excluding steroid dienone is 4. The van der Waals surface area contributed by atoms with Gasteiger partial charge in [0.15, 0.2) is 0 Å². The summed E-state index contributed by atoms with van der Waals surface area (Å²) in [6.45, 7) is 12.0. The van der Waals surface area contributed by atoms with Crippen molar-refractivity contribution in [2.24, 2.45) is 9.98 Å². The molecule has 39 heavy (non-hydrogen) atoms. The summed E-state index contributed by atoms with van der Waals surface area (Å²) >= 11 is 0. The summed E-state index contributed by atoms with van der Waals surface area (Å²) in [7, 11) is 1.80. The van der Waals surface area contributed by atoms with E-state index in [1.807, 2.05) is 26.0 Å². The number of carbonyl (C=O) groups is 1. The summed E-state index contributed by atoms with van der Waals surface area (Å²) in [6.07, 6.45) is 16.4. The van der Waals surface area contributed by atoms with Crippen molar-refractivity contribution in [2.75, 3.05) is 46.3 Å². The third-order valence-corrected chi connectivity index (χ3v) is 8.78. The van der Waals surface area contributed by atoms with Crippen LogP contribution in [0.3, 0.4) is 0 Å². The van der Waals surface area contributed by atoms with Crippen LogP contribution < -0.4 is 5.32 Å². The van der Waals surface area contributed by atoms with E-state index >= 15 is 0 Å². The van der Waals surface area contributed by atoms with Crippen molar-refractivity contribution in [1.82, 2.24) is 20.0 Å². The molecule has 4 rings (SSSR count). The minimum absolute atomic E-state index is 0.0243. The molecule has 1 unspecified atom stereocenters. The van der Waals surface area contributed by atoms with Gasteiger partial charge in [0.2, 0.25) is 5.91 Å². The third-order valence-electron chi connectivity index (χ3n) is 8.78. The Morgan fingerprint density at radius 1 is 1.15 bits per heavy atom. The SMILES string of the molecule is CCC1CN(C(=N/C=C/C(=O)NC2CCC2)C(C)=NC)CCN1C1CCN(CC2=CCC(F)=C(C)C=C2)CC1. The molecule has 214 valence electrons. The van der Waals surface area contributed by atoms with Crippen LogP contribution in [0.1, 0.15) is 65.7 Å². The molecule has 4 aliphatic rings. The fourth-order valence-electron chi connectivity index (χ4n) is 5.94. The Kier molecular flexibility index (Phi) is 10.7. The number of hydrogen-bond donors (Lipinski definition) is 1. The minimum Gasteiger partial charge on any atom is -0.352 e. The molecule has 2 aliphatic carbocycles. The first-order valence-electron chi connectivity index (χ1n) is 14.8. The highest BCUT2D eigenvalue weighted by Gasteiger charge is 2.34. The maximum Gasteiger partial charge on any atom is 0.245 e. The lowest BCUT2D eigenvalue weighted by Crippen LogP contribution is -2.59. The van der Waals surface area contributed by atoms with Gasteiger partial charge < -0.3 is 10.2 Å². The largest absolute Gasteiger partial charge is 0.352 e. The molecule has 2 heterocycles. The molecular formula is C31H47FN6O. The summed E-state index contributed by atoms with van der Waals surface area (Å²) in [6, 6.07) is 1.37. The zero-order chi connectivity index (χ0) is 27.8. The summed E-state index contributed by atoms with van der Waals surface area (Å²) in [5, 5.41) is 3.03. The number of hydrogen-bond acceptors (Lipinski definition) is 5. The van der Waals surface area contributed by atoms with E-state index < -0.39 is 0 Å². The van der Waals surface area contributed by atoms with E-state index in [1.165, 1.54) is 18.1 Å². The minimum atomic E-state index is -0.0678. The zero-order valence-corrected chi connectivity index (χ0v) is 24.3. The van der Waals surface area contributed by atoms with Gasteiger partial charge >= 0.3 is 0 Å². The van der Waals surface area contributed by atoms with Crippen molar-refractivity contribution < 1.29 is 9.18 Å². The van der Waals surface area contributed by atoms with Crippen LogP contribution in [-0.4, -0.2) is 96.6 Å². The molecule has 1 amide bonds. The van der Waals surface area contributed by atoms with Crippen LogP contribution >= 0.6 is 0 Å². The van der Waals surface area contributed by atoms with E-state index in [4.69, 9.17) is 4.99 Å². The molecule has 0 bridgehead atoms. The topological polar surface area (TPSA) is 63.5 Å². The van der Waals surface area contributed by atoms with Gasteiger partial charge in [0.05, 0.1) is 5.71 Å². The maximum absolute atomic E-state index is 13.9. The fraction of sp³-hybridized carbons (Fsp3) is 0.645. The lowest BCUT2D eigenvalue weighted by molar-refractivity contribution is -0.117. The Hall–Kier alpha value is -2.58. The predicted octanol–water partition coefficient (Wildman–Crippen LogP) is 4.65. The van der Waals surface area contributed by atoms with Crippen LogP contribution in [0, 0.1) is 0 Å². The van der Waals surface area contributed by atoms with Gasteiger partial charge in [-0.1, -0.05) is 25.2 Å². The van der Waals surface area contributed by atoms with Crippen molar-refractivity contribution in [3.05, 3.63) is 47.5 Å². The maximum atomic E-state index is 13.9. The van der Waals surface area contributed by atoms with Gasteiger partial charge in [-0.3, -0.25) is 19.6 Å². The lowest BCUT2D eigenvalue weighted by Gasteiger charge is -2.48. The normalized spacial score (nSPS) is 25.2. The number of halogens is 1. The van der Waals surface area contributed by atoms with Gasteiger partial charge in [-0.15, -0.1) is 0 Å². The first kappa shape index (κ1) is 29.4. The van der Waals surface area contributed by atoms with Crippen molar-refractivity contribution in [3.8, 4) is 0 Å². The first-order chi connectivity index (χ1) is 18.9. The van der Waals surface area contributed by atoms with Crippen LogP contribution in [0.15, 0.2) is 57.5 Å². The molecule has 1 atom stereocenters. The second kappa shape index (κ2) is 14.2. The number of aliphatic imine (C=N–C) groups is 2. The van der Waals surface area contributed by atoms with Crippen molar-refractivity contribution in [2.45, 2.75) is 83.8 Å². The highest BCUT2D eigenvalue weighted by atomic mass is 19.1. The van der Waals surface area contributed by atoms with Crippen LogP contribution in [0.25, 0.3) is 0 Å². The van der Waals surface area contributed by atoms with E-state index in [9.17, 15) is 9.18 Å². The number of nitrogens with zero attached hydrogens (tertiary/aromatic N) is 5. The molecule has 3 fully saturated rings. The quantitative estimate of drug-likeness (QED) is 0.278. The number of piperazine rings is 1. The Balaban J connectivity index is 1.31. The second-order valence-corrected chi connectivity index (χ2v) is 11.4. The summed E-state index contributed by atoms with van der Waals surface area (Å²) in [4.78, 5) is 28.9. The molecule has 0 aromatic heterocycles. The van der Waals surface area contributed by atoms with Gasteiger partial charge in [0, 0.05) is 70.0 Å². The number of amidine groups is 1. The second-order valence-electron chi connectivity index (χ2n) is 11.4. The molecule has 0 aromatic rings. The molecule has 7 nitrogen and oxygen atoms in total. The molecule has 0 radical (unpaired) electrons. The van der Waals surface area contributed by atoms with E-state index in [-0.39, 0.29) is 11.7 Å². The van der Waals surface area contributed by atoms with E-state index in [0.29, 0.717) is 24.5 Å². The standard InChI is InChI=1S/C31H47FN6O/c1-5-27-22-37(31(24(3)33-4)34-16-13-30(39)35-26-7-6-8-26)19-20-38(27)28-14-17-36(18-15-28)21-25-10-9-23(2)29(32)12-11-25/h9-11,13,16,26-28H,5-8,12,14-15,17-22H2,1-4H3,(H,35,39)/b16-13+,33-24?,34-31?. The average Bonchev–Trinajstić information content (AvgIpc) is 3.09. The third kappa shape index (κ3) is 7.98. The monoisotopic (exact) mass is 538 g/mol. The summed E-state index contributed by atoms with van der Waals surface area (Å²) in [5.41, 5.74) is 2.85. The van der Waals surface area contributed by atoms with Crippen LogP contribution in [-0.2, 0) is 4.79 Å². The number of carbonyl (C=O) groups excluding carboxylic acids is 1. The van der Waals surface area contributed by atoms with Crippen molar-refractivity contribution >= 4 is 17.5 Å². The van der Waals surface area contributed by atoms with Gasteiger partial charge in [0.1, 0.15) is 11.7 Å². The van der Waals surface area contributed by atoms with Gasteiger partial charge in [-0.25, -0.2) is 9.38 Å². The Bertz CT molecular complexity index is 1050. The molecule has 8 heteroatoms. The van der Waals surface area contributed by atoms with E-state index in [1.54, 1.807) is 13.2 Å². The van der Waals surface area contributed by atoms with Gasteiger partial charge in [0.25, 0.3) is 0 Å². The average molecular weight is 539 g/mol. The van der Waals surface area contributed by atoms with Crippen LogP contribution in [0.2, 0.25) is 0 Å². The fourth-order valence-corrected chi connectivity index (χ4v) is 5.94. The first-order valence-corrected chi connectivity index (χ1v) is 14.8. The lowest BCUT2D eigenvalue weighted by atomic mass is 9.93. The number of amides is 1. The molecule has 2 saturated heterocycles. The van der Waals surface area contributed by atoms with Crippen molar-refractivity contribution in [1.29, 1.82) is 0 Å². The van der Waals surface area contributed by atoms with Gasteiger partial charge in [-0.05, 0) is 76.6 Å². The predicted molar refractivity (Wildman–Crippen MR) is 159 cm³/mol. The molecule has 2 aliphatic heterocycles. The Labute approximate surface area is 234 Å². The number of likely N-dealkylation sites (tertiary alicyclic amines) is 1. The molecule has 1 saturated carbocycles. The Morgan fingerprint density at radius 2 is 1.92 bits per heavy atom. The van der Waals surface area contributed by atoms with E-state index in [2.05, 4.69) is 38.0 Å². The number of piperidine rings is 1. The smallest absolute Gasteiger partial charge is 0.245 e. The van der Waals surface area contributed by atoms with Crippen LogP contribution in [0.4, 0.5) is 4.39 Å². The van der Waals surface area contributed by atoms with Gasteiger partial charge in [-0.2, -0.15) is 0 Å². The van der Waals surface area contributed by atoms with Crippen LogP contribution in [0.5, 0.6) is 0 Å². The molecule has 0 aromatic carbocycles. The summed E-state index contributed by atoms with van der Waals surface area (Å²) in [5.74, 6) is 0.773.